The lowest BCUT2D eigenvalue weighted by molar-refractivity contribution is -0.122. The van der Waals surface area contributed by atoms with E-state index in [0.29, 0.717) is 39.6 Å². The molecule has 47 heavy (non-hydrogen) atoms. The van der Waals surface area contributed by atoms with E-state index < -0.39 is 11.9 Å². The quantitative estimate of drug-likeness (QED) is 0.141. The number of benzene rings is 5. The minimum absolute atomic E-state index is 0.0623. The Hall–Kier alpha value is -4.75. The molecule has 0 aromatic heterocycles. The number of rotatable bonds is 10. The first-order valence-corrected chi connectivity index (χ1v) is 16.4. The molecule has 5 aromatic rings. The number of hydrogen-bond acceptors (Lipinski definition) is 5. The maximum absolute atomic E-state index is 14.0. The average Bonchev–Trinajstić information content (AvgIpc) is 3.50. The van der Waals surface area contributed by atoms with Crippen LogP contribution in [0.15, 0.2) is 115 Å². The van der Waals surface area contributed by atoms with Gasteiger partial charge in [-0.2, -0.15) is 0 Å². The van der Waals surface area contributed by atoms with Gasteiger partial charge in [0, 0.05) is 34.3 Å². The highest BCUT2D eigenvalue weighted by molar-refractivity contribution is 6.30. The Labute approximate surface area is 280 Å². The van der Waals surface area contributed by atoms with Gasteiger partial charge in [0.25, 0.3) is 5.91 Å². The second-order valence-electron chi connectivity index (χ2n) is 12.0. The van der Waals surface area contributed by atoms with E-state index in [9.17, 15) is 9.59 Å². The average molecular weight is 644 g/mol. The van der Waals surface area contributed by atoms with Crippen molar-refractivity contribution in [1.82, 2.24) is 10.6 Å². The van der Waals surface area contributed by atoms with Crippen LogP contribution in [0.1, 0.15) is 65.8 Å². The number of halogens is 1. The van der Waals surface area contributed by atoms with Gasteiger partial charge in [-0.25, -0.2) is 0 Å². The van der Waals surface area contributed by atoms with Crippen molar-refractivity contribution < 1.29 is 14.3 Å². The Kier molecular flexibility index (Phi) is 9.83. The summed E-state index contributed by atoms with van der Waals surface area (Å²) >= 11 is 6.47. The smallest absolute Gasteiger partial charge is 0.258 e. The molecule has 3 atom stereocenters. The molecule has 5 aromatic carbocycles. The van der Waals surface area contributed by atoms with Crippen molar-refractivity contribution in [2.45, 2.75) is 51.2 Å². The van der Waals surface area contributed by atoms with Crippen molar-refractivity contribution in [3.05, 3.63) is 143 Å². The third kappa shape index (κ3) is 7.31. The van der Waals surface area contributed by atoms with E-state index in [4.69, 9.17) is 22.1 Å². The van der Waals surface area contributed by atoms with E-state index in [1.807, 2.05) is 98.8 Å². The number of nitrogens with two attached hydrogens (primary N) is 1. The molecule has 238 valence electrons. The molecule has 1 aliphatic rings. The molecule has 0 aliphatic heterocycles. The Morgan fingerprint density at radius 2 is 1.66 bits per heavy atom. The Morgan fingerprint density at radius 3 is 2.45 bits per heavy atom. The molecule has 1 unspecified atom stereocenters. The summed E-state index contributed by atoms with van der Waals surface area (Å²) in [5, 5.41) is 6.68. The lowest BCUT2D eigenvalue weighted by Crippen LogP contribution is -2.47. The van der Waals surface area contributed by atoms with Crippen LogP contribution in [0, 0.1) is 0 Å². The van der Waals surface area contributed by atoms with Gasteiger partial charge in [-0.1, -0.05) is 91.3 Å². The minimum Gasteiger partial charge on any atom is -0.457 e. The molecule has 2 amide bonds. The van der Waals surface area contributed by atoms with Crippen molar-refractivity contribution in [1.29, 1.82) is 0 Å². The van der Waals surface area contributed by atoms with Crippen LogP contribution in [0.4, 0.5) is 0 Å². The number of nitrogens with one attached hydrogen (secondary N) is 2. The first-order chi connectivity index (χ1) is 22.8. The maximum atomic E-state index is 14.0. The van der Waals surface area contributed by atoms with Crippen molar-refractivity contribution in [3.63, 3.8) is 0 Å². The molecule has 0 saturated carbocycles. The summed E-state index contributed by atoms with van der Waals surface area (Å²) in [6, 6.07) is 36.1. The fourth-order valence-corrected chi connectivity index (χ4v) is 6.35. The van der Waals surface area contributed by atoms with Crippen LogP contribution in [0.2, 0.25) is 5.02 Å². The molecule has 6 nitrogen and oxygen atoms in total. The summed E-state index contributed by atoms with van der Waals surface area (Å²) in [6.45, 7) is 3.86. The molecule has 0 saturated heterocycles. The minimum atomic E-state index is -0.534. The van der Waals surface area contributed by atoms with Gasteiger partial charge in [0.15, 0.2) is 0 Å². The Balaban J connectivity index is 1.34. The molecule has 0 radical (unpaired) electrons. The Morgan fingerprint density at radius 1 is 0.872 bits per heavy atom. The third-order valence-corrected chi connectivity index (χ3v) is 8.95. The van der Waals surface area contributed by atoms with E-state index in [-0.39, 0.29) is 18.0 Å². The summed E-state index contributed by atoms with van der Waals surface area (Å²) in [6.07, 6.45) is 2.41. The van der Waals surface area contributed by atoms with Gasteiger partial charge in [0.2, 0.25) is 5.91 Å². The van der Waals surface area contributed by atoms with Gasteiger partial charge >= 0.3 is 0 Å². The highest BCUT2D eigenvalue weighted by Gasteiger charge is 2.28. The molecule has 0 bridgehead atoms. The summed E-state index contributed by atoms with van der Waals surface area (Å²) in [4.78, 5) is 27.6. The number of ether oxygens (including phenoxy) is 1. The monoisotopic (exact) mass is 643 g/mol. The van der Waals surface area contributed by atoms with E-state index in [1.165, 1.54) is 11.1 Å². The van der Waals surface area contributed by atoms with Gasteiger partial charge in [-0.3, -0.25) is 20.2 Å². The van der Waals surface area contributed by atoms with Crippen molar-refractivity contribution >= 4 is 23.4 Å². The summed E-state index contributed by atoms with van der Waals surface area (Å²) < 4.78 is 6.41. The van der Waals surface area contributed by atoms with Gasteiger partial charge in [0.05, 0.1) is 6.04 Å². The fraction of sp³-hybridized carbons (Fsp3) is 0.200. The summed E-state index contributed by atoms with van der Waals surface area (Å²) in [7, 11) is 0. The molecular weight excluding hydrogens is 606 g/mol. The number of amides is 2. The maximum Gasteiger partial charge on any atom is 0.258 e. The zero-order valence-electron chi connectivity index (χ0n) is 26.5. The standard InChI is InChI=1S/C40H38ClN3O3/c1-3-36(43-37-21-17-27-12-7-8-15-32(27)37)40(46)44-39(45)34-19-16-29(26-10-5-4-6-11-26)23-35(34)33-20-18-30(41)24-38(33)47-31-14-9-13-28(22-31)25(2)42/h4-16,18-20,22-25,36-37,43H,3,17,21,42H2,1-2H3,(H,44,45,46)/t25-,36?,37+/m0/s1. The molecule has 0 heterocycles. The van der Waals surface area contributed by atoms with Gasteiger partial charge in [0.1, 0.15) is 11.5 Å². The number of carbonyl (C=O) groups excluding carboxylic acids is 2. The highest BCUT2D eigenvalue weighted by atomic mass is 35.5. The molecule has 1 aliphatic carbocycles. The predicted octanol–water partition coefficient (Wildman–Crippen LogP) is 8.80. The lowest BCUT2D eigenvalue weighted by Gasteiger charge is -2.22. The molecule has 6 rings (SSSR count). The molecule has 0 spiro atoms. The fourth-order valence-electron chi connectivity index (χ4n) is 6.19. The first-order valence-electron chi connectivity index (χ1n) is 16.0. The van der Waals surface area contributed by atoms with Crippen molar-refractivity contribution in [2.24, 2.45) is 5.73 Å². The van der Waals surface area contributed by atoms with E-state index >= 15 is 0 Å². The van der Waals surface area contributed by atoms with Crippen LogP contribution in [-0.2, 0) is 11.2 Å². The van der Waals surface area contributed by atoms with Crippen molar-refractivity contribution in [3.8, 4) is 33.8 Å². The summed E-state index contributed by atoms with van der Waals surface area (Å²) in [5.74, 6) is 0.212. The molecule has 4 N–H and O–H groups in total. The lowest BCUT2D eigenvalue weighted by atomic mass is 9.93. The zero-order valence-corrected chi connectivity index (χ0v) is 27.3. The zero-order chi connectivity index (χ0) is 32.9. The summed E-state index contributed by atoms with van der Waals surface area (Å²) in [5.41, 5.74) is 13.1. The van der Waals surface area contributed by atoms with Crippen LogP contribution in [0.5, 0.6) is 11.5 Å². The number of fused-ring (bicyclic) bond motifs is 1. The predicted molar refractivity (Wildman–Crippen MR) is 189 cm³/mol. The first kappa shape index (κ1) is 32.2. The normalized spacial score (nSPS) is 15.0. The van der Waals surface area contributed by atoms with Crippen LogP contribution in [0.25, 0.3) is 22.3 Å². The SMILES string of the molecule is CCC(N[C@@H]1CCc2ccccc21)C(=O)NC(=O)c1ccc(-c2ccccc2)cc1-c1ccc(Cl)cc1Oc1cccc([C@H](C)N)c1. The van der Waals surface area contributed by atoms with Gasteiger partial charge in [-0.15, -0.1) is 0 Å². The van der Waals surface area contributed by atoms with Gasteiger partial charge in [-0.05, 0) is 96.0 Å². The number of hydrogen-bond donors (Lipinski definition) is 3. The topological polar surface area (TPSA) is 93.5 Å². The number of carbonyl (C=O) groups is 2. The van der Waals surface area contributed by atoms with E-state index in [0.717, 1.165) is 29.5 Å². The van der Waals surface area contributed by atoms with E-state index in [1.54, 1.807) is 18.2 Å². The highest BCUT2D eigenvalue weighted by Crippen LogP contribution is 2.39. The van der Waals surface area contributed by atoms with Crippen LogP contribution >= 0.6 is 11.6 Å². The molecular formula is C40H38ClN3O3. The van der Waals surface area contributed by atoms with Crippen LogP contribution < -0.4 is 21.1 Å². The molecule has 0 fully saturated rings. The number of aryl methyl sites for hydroxylation is 1. The van der Waals surface area contributed by atoms with Crippen molar-refractivity contribution in [2.75, 3.05) is 0 Å². The second kappa shape index (κ2) is 14.3. The van der Waals surface area contributed by atoms with Gasteiger partial charge < -0.3 is 10.5 Å². The van der Waals surface area contributed by atoms with Crippen LogP contribution in [-0.4, -0.2) is 17.9 Å². The van der Waals surface area contributed by atoms with E-state index in [2.05, 4.69) is 22.8 Å². The Bertz CT molecular complexity index is 1910. The van der Waals surface area contributed by atoms with Crippen LogP contribution in [0.3, 0.4) is 0 Å². The largest absolute Gasteiger partial charge is 0.457 e. The molecule has 7 heteroatoms. The second-order valence-corrected chi connectivity index (χ2v) is 12.4. The number of imide groups is 1. The third-order valence-electron chi connectivity index (χ3n) is 8.71.